The van der Waals surface area contributed by atoms with Gasteiger partial charge in [-0.15, -0.1) is 0 Å². The van der Waals surface area contributed by atoms with Crippen LogP contribution in [0.15, 0.2) is 73.1 Å². The van der Waals surface area contributed by atoms with Gasteiger partial charge in [-0.3, -0.25) is 4.98 Å². The van der Waals surface area contributed by atoms with E-state index < -0.39 is 0 Å². The van der Waals surface area contributed by atoms with E-state index in [1.54, 1.807) is 31.6 Å². The van der Waals surface area contributed by atoms with Gasteiger partial charge in [-0.1, -0.05) is 36.4 Å². The molecule has 0 spiro atoms. The van der Waals surface area contributed by atoms with Crippen molar-refractivity contribution >= 4 is 11.6 Å². The molecule has 0 bridgehead atoms. The summed E-state index contributed by atoms with van der Waals surface area (Å²) in [7, 11) is 1.54. The summed E-state index contributed by atoms with van der Waals surface area (Å²) in [6.07, 6.45) is 5.61. The van der Waals surface area contributed by atoms with Gasteiger partial charge in [0.05, 0.1) is 7.11 Å². The van der Waals surface area contributed by atoms with Crippen LogP contribution in [0.2, 0.25) is 0 Å². The predicted octanol–water partition coefficient (Wildman–Crippen LogP) is 4.38. The summed E-state index contributed by atoms with van der Waals surface area (Å²) in [5.41, 5.74) is 4.07. The largest absolute Gasteiger partial charge is 0.504 e. The Hall–Kier alpha value is -3.07. The van der Waals surface area contributed by atoms with Crippen LogP contribution in [-0.4, -0.2) is 17.2 Å². The zero-order valence-corrected chi connectivity index (χ0v) is 12.8. The van der Waals surface area contributed by atoms with E-state index in [1.807, 2.05) is 48.5 Å². The fourth-order valence-corrected chi connectivity index (χ4v) is 2.43. The molecular formula is C20H17NO2. The molecule has 0 aliphatic rings. The van der Waals surface area contributed by atoms with E-state index in [-0.39, 0.29) is 5.75 Å². The lowest BCUT2D eigenvalue weighted by atomic mass is 9.95. The normalized spacial score (nSPS) is 11.3. The van der Waals surface area contributed by atoms with Crippen molar-refractivity contribution < 1.29 is 9.84 Å². The number of benzene rings is 2. The van der Waals surface area contributed by atoms with Crippen LogP contribution in [0.3, 0.4) is 0 Å². The van der Waals surface area contributed by atoms with Gasteiger partial charge in [-0.05, 0) is 52.6 Å². The minimum atomic E-state index is 0.126. The molecule has 1 heterocycles. The SMILES string of the molecule is COc1ccc(C(=Cc2ccncc2)c2ccccc2)cc1O. The fourth-order valence-electron chi connectivity index (χ4n) is 2.43. The van der Waals surface area contributed by atoms with Gasteiger partial charge < -0.3 is 9.84 Å². The molecule has 3 heteroatoms. The van der Waals surface area contributed by atoms with Crippen molar-refractivity contribution in [3.8, 4) is 11.5 Å². The molecule has 0 radical (unpaired) electrons. The molecule has 0 saturated heterocycles. The topological polar surface area (TPSA) is 42.4 Å². The minimum Gasteiger partial charge on any atom is -0.504 e. The number of hydrogen-bond donors (Lipinski definition) is 1. The molecule has 0 aliphatic carbocycles. The van der Waals surface area contributed by atoms with Gasteiger partial charge in [0.2, 0.25) is 0 Å². The van der Waals surface area contributed by atoms with Crippen molar-refractivity contribution in [2.45, 2.75) is 0 Å². The smallest absolute Gasteiger partial charge is 0.160 e. The van der Waals surface area contributed by atoms with Crippen molar-refractivity contribution in [3.63, 3.8) is 0 Å². The zero-order chi connectivity index (χ0) is 16.1. The lowest BCUT2D eigenvalue weighted by Gasteiger charge is -2.11. The highest BCUT2D eigenvalue weighted by Gasteiger charge is 2.09. The van der Waals surface area contributed by atoms with Crippen molar-refractivity contribution in [1.29, 1.82) is 0 Å². The van der Waals surface area contributed by atoms with Crippen molar-refractivity contribution in [2.75, 3.05) is 7.11 Å². The highest BCUT2D eigenvalue weighted by molar-refractivity contribution is 5.91. The minimum absolute atomic E-state index is 0.126. The fraction of sp³-hybridized carbons (Fsp3) is 0.0500. The Morgan fingerprint density at radius 1 is 0.957 bits per heavy atom. The van der Waals surface area contributed by atoms with E-state index in [0.717, 1.165) is 22.3 Å². The van der Waals surface area contributed by atoms with Gasteiger partial charge in [0.15, 0.2) is 11.5 Å². The molecule has 0 fully saturated rings. The summed E-state index contributed by atoms with van der Waals surface area (Å²) in [5.74, 6) is 0.589. The Balaban J connectivity index is 2.13. The average molecular weight is 303 g/mol. The lowest BCUT2D eigenvalue weighted by molar-refractivity contribution is 0.373. The summed E-state index contributed by atoms with van der Waals surface area (Å²) in [6.45, 7) is 0. The maximum absolute atomic E-state index is 10.1. The number of hydrogen-bond acceptors (Lipinski definition) is 3. The standard InChI is InChI=1S/C20H17NO2/c1-23-20-8-7-17(14-19(20)22)18(16-5-3-2-4-6-16)13-15-9-11-21-12-10-15/h2-14,22H,1H3. The number of rotatable bonds is 4. The van der Waals surface area contributed by atoms with Crippen LogP contribution in [0.1, 0.15) is 16.7 Å². The monoisotopic (exact) mass is 303 g/mol. The zero-order valence-electron chi connectivity index (χ0n) is 12.8. The number of pyridine rings is 1. The van der Waals surface area contributed by atoms with Gasteiger partial charge in [-0.25, -0.2) is 0 Å². The third-order valence-electron chi connectivity index (χ3n) is 3.59. The van der Waals surface area contributed by atoms with E-state index in [4.69, 9.17) is 4.74 Å². The van der Waals surface area contributed by atoms with Gasteiger partial charge in [0.25, 0.3) is 0 Å². The summed E-state index contributed by atoms with van der Waals surface area (Å²) < 4.78 is 5.13. The van der Waals surface area contributed by atoms with Crippen LogP contribution in [-0.2, 0) is 0 Å². The van der Waals surface area contributed by atoms with E-state index in [2.05, 4.69) is 11.1 Å². The Bertz CT molecular complexity index is 812. The Morgan fingerprint density at radius 3 is 2.35 bits per heavy atom. The third-order valence-corrected chi connectivity index (χ3v) is 3.59. The first kappa shape index (κ1) is 14.9. The predicted molar refractivity (Wildman–Crippen MR) is 92.3 cm³/mol. The highest BCUT2D eigenvalue weighted by atomic mass is 16.5. The van der Waals surface area contributed by atoms with Gasteiger partial charge in [-0.2, -0.15) is 0 Å². The lowest BCUT2D eigenvalue weighted by Crippen LogP contribution is -1.90. The van der Waals surface area contributed by atoms with Gasteiger partial charge >= 0.3 is 0 Å². The van der Waals surface area contributed by atoms with Crippen molar-refractivity contribution in [3.05, 3.63) is 89.7 Å². The molecule has 0 amide bonds. The molecule has 2 aromatic carbocycles. The summed E-state index contributed by atoms with van der Waals surface area (Å²) >= 11 is 0. The molecule has 3 aromatic rings. The van der Waals surface area contributed by atoms with Crippen LogP contribution in [0.4, 0.5) is 0 Å². The number of methoxy groups -OCH3 is 1. The van der Waals surface area contributed by atoms with E-state index in [1.165, 1.54) is 0 Å². The molecule has 0 atom stereocenters. The maximum Gasteiger partial charge on any atom is 0.160 e. The summed E-state index contributed by atoms with van der Waals surface area (Å²) in [6, 6.07) is 19.4. The van der Waals surface area contributed by atoms with E-state index in [0.29, 0.717) is 5.75 Å². The van der Waals surface area contributed by atoms with Crippen LogP contribution < -0.4 is 4.74 Å². The number of aromatic hydroxyl groups is 1. The molecule has 3 nitrogen and oxygen atoms in total. The summed E-state index contributed by atoms with van der Waals surface area (Å²) in [4.78, 5) is 4.05. The molecule has 23 heavy (non-hydrogen) atoms. The number of aromatic nitrogens is 1. The maximum atomic E-state index is 10.1. The van der Waals surface area contributed by atoms with Crippen molar-refractivity contribution in [1.82, 2.24) is 4.98 Å². The number of phenolic OH excluding ortho intramolecular Hbond substituents is 1. The first-order chi connectivity index (χ1) is 11.3. The van der Waals surface area contributed by atoms with Gasteiger partial charge in [0.1, 0.15) is 0 Å². The first-order valence-electron chi connectivity index (χ1n) is 7.32. The second-order valence-electron chi connectivity index (χ2n) is 5.09. The number of nitrogens with zero attached hydrogens (tertiary/aromatic N) is 1. The highest BCUT2D eigenvalue weighted by Crippen LogP contribution is 2.33. The molecule has 0 saturated carbocycles. The number of phenols is 1. The van der Waals surface area contributed by atoms with Crippen LogP contribution >= 0.6 is 0 Å². The summed E-state index contributed by atoms with van der Waals surface area (Å²) in [5, 5.41) is 10.1. The molecule has 3 rings (SSSR count). The molecule has 1 N–H and O–H groups in total. The second-order valence-corrected chi connectivity index (χ2v) is 5.09. The molecular weight excluding hydrogens is 286 g/mol. The van der Waals surface area contributed by atoms with Crippen LogP contribution in [0.5, 0.6) is 11.5 Å². The van der Waals surface area contributed by atoms with Gasteiger partial charge in [0, 0.05) is 12.4 Å². The van der Waals surface area contributed by atoms with Crippen molar-refractivity contribution in [2.24, 2.45) is 0 Å². The molecule has 1 aromatic heterocycles. The van der Waals surface area contributed by atoms with Crippen LogP contribution in [0.25, 0.3) is 11.6 Å². The second kappa shape index (κ2) is 6.79. The quantitative estimate of drug-likeness (QED) is 0.777. The Morgan fingerprint density at radius 2 is 1.70 bits per heavy atom. The molecule has 114 valence electrons. The third kappa shape index (κ3) is 3.40. The average Bonchev–Trinajstić information content (AvgIpc) is 2.61. The number of ether oxygens (including phenoxy) is 1. The molecule has 0 aliphatic heterocycles. The Labute approximate surface area is 135 Å². The Kier molecular flexibility index (Phi) is 4.39. The van der Waals surface area contributed by atoms with E-state index >= 15 is 0 Å². The van der Waals surface area contributed by atoms with E-state index in [9.17, 15) is 5.11 Å². The molecule has 0 unspecified atom stereocenters. The van der Waals surface area contributed by atoms with Crippen LogP contribution in [0, 0.1) is 0 Å². The first-order valence-corrected chi connectivity index (χ1v) is 7.32.